The zero-order valence-electron chi connectivity index (χ0n) is 10.4. The number of carbonyl (C=O) groups is 2. The van der Waals surface area contributed by atoms with E-state index in [4.69, 9.17) is 0 Å². The molecule has 5 heteroatoms. The van der Waals surface area contributed by atoms with Gasteiger partial charge in [-0.3, -0.25) is 9.59 Å². The molecule has 2 unspecified atom stereocenters. The molecule has 2 amide bonds. The lowest BCUT2D eigenvalue weighted by atomic mass is 10.3. The fourth-order valence-electron chi connectivity index (χ4n) is 2.30. The molecule has 2 atom stereocenters. The van der Waals surface area contributed by atoms with Gasteiger partial charge in [-0.1, -0.05) is 13.3 Å². The summed E-state index contributed by atoms with van der Waals surface area (Å²) in [4.78, 5) is 25.3. The third kappa shape index (κ3) is 3.19. The molecule has 1 heterocycles. The molecule has 0 aromatic carbocycles. The summed E-state index contributed by atoms with van der Waals surface area (Å²) in [6, 6.07) is 0.238. The summed E-state index contributed by atoms with van der Waals surface area (Å²) < 4.78 is 0. The van der Waals surface area contributed by atoms with Crippen LogP contribution in [0.1, 0.15) is 26.2 Å². The second kappa shape index (κ2) is 5.49. The summed E-state index contributed by atoms with van der Waals surface area (Å²) in [5.41, 5.74) is 0. The molecule has 0 bridgehead atoms. The van der Waals surface area contributed by atoms with E-state index in [0.717, 1.165) is 32.4 Å². The van der Waals surface area contributed by atoms with Gasteiger partial charge in [0.05, 0.1) is 0 Å². The molecule has 17 heavy (non-hydrogen) atoms. The predicted molar refractivity (Wildman–Crippen MR) is 64.4 cm³/mol. The standard InChI is InChI=1S/C12H21N3O2/c1-2-9-8-10(9)14-11(16)12(17)15-6-3-4-13-5-7-15/h9-10,13H,2-8H2,1H3,(H,14,16). The molecule has 5 nitrogen and oxygen atoms in total. The Hall–Kier alpha value is -1.10. The van der Waals surface area contributed by atoms with Gasteiger partial charge in [0.25, 0.3) is 0 Å². The van der Waals surface area contributed by atoms with Crippen LogP contribution in [-0.2, 0) is 9.59 Å². The van der Waals surface area contributed by atoms with E-state index in [1.54, 1.807) is 4.90 Å². The van der Waals surface area contributed by atoms with Crippen molar-refractivity contribution in [1.82, 2.24) is 15.5 Å². The Morgan fingerprint density at radius 3 is 2.88 bits per heavy atom. The minimum Gasteiger partial charge on any atom is -0.345 e. The average molecular weight is 239 g/mol. The van der Waals surface area contributed by atoms with Gasteiger partial charge in [0, 0.05) is 25.7 Å². The largest absolute Gasteiger partial charge is 0.345 e. The highest BCUT2D eigenvalue weighted by atomic mass is 16.2. The van der Waals surface area contributed by atoms with Crippen molar-refractivity contribution in [3.63, 3.8) is 0 Å². The van der Waals surface area contributed by atoms with Gasteiger partial charge in [-0.15, -0.1) is 0 Å². The lowest BCUT2D eigenvalue weighted by molar-refractivity contribution is -0.145. The van der Waals surface area contributed by atoms with Gasteiger partial charge in [-0.25, -0.2) is 0 Å². The summed E-state index contributed by atoms with van der Waals surface area (Å²) in [7, 11) is 0. The summed E-state index contributed by atoms with van der Waals surface area (Å²) in [5, 5.41) is 6.04. The third-order valence-corrected chi connectivity index (χ3v) is 3.58. The van der Waals surface area contributed by atoms with Crippen LogP contribution in [-0.4, -0.2) is 48.9 Å². The zero-order valence-corrected chi connectivity index (χ0v) is 10.4. The van der Waals surface area contributed by atoms with E-state index < -0.39 is 5.91 Å². The van der Waals surface area contributed by atoms with Gasteiger partial charge >= 0.3 is 11.8 Å². The fourth-order valence-corrected chi connectivity index (χ4v) is 2.30. The first-order valence-electron chi connectivity index (χ1n) is 6.53. The topological polar surface area (TPSA) is 61.4 Å². The van der Waals surface area contributed by atoms with E-state index >= 15 is 0 Å². The van der Waals surface area contributed by atoms with E-state index in [1.165, 1.54) is 0 Å². The molecular formula is C12H21N3O2. The van der Waals surface area contributed by atoms with Crippen molar-refractivity contribution in [1.29, 1.82) is 0 Å². The summed E-state index contributed by atoms with van der Waals surface area (Å²) in [6.07, 6.45) is 3.02. The Labute approximate surface area is 102 Å². The van der Waals surface area contributed by atoms with E-state index in [0.29, 0.717) is 19.0 Å². The van der Waals surface area contributed by atoms with Crippen LogP contribution >= 0.6 is 0 Å². The monoisotopic (exact) mass is 239 g/mol. The quantitative estimate of drug-likeness (QED) is 0.652. The Morgan fingerprint density at radius 1 is 1.35 bits per heavy atom. The Balaban J connectivity index is 1.79. The second-order valence-corrected chi connectivity index (χ2v) is 4.88. The minimum absolute atomic E-state index is 0.238. The molecule has 0 radical (unpaired) electrons. The molecule has 0 aromatic heterocycles. The van der Waals surface area contributed by atoms with Crippen molar-refractivity contribution in [3.8, 4) is 0 Å². The molecule has 2 N–H and O–H groups in total. The van der Waals surface area contributed by atoms with Crippen LogP contribution in [0.25, 0.3) is 0 Å². The number of carbonyl (C=O) groups excluding carboxylic acids is 2. The van der Waals surface area contributed by atoms with E-state index in [9.17, 15) is 9.59 Å². The maximum Gasteiger partial charge on any atom is 0.311 e. The number of nitrogens with zero attached hydrogens (tertiary/aromatic N) is 1. The molecule has 1 saturated carbocycles. The van der Waals surface area contributed by atoms with Crippen LogP contribution in [0.3, 0.4) is 0 Å². The number of hydrogen-bond donors (Lipinski definition) is 2. The lowest BCUT2D eigenvalue weighted by Gasteiger charge is -2.19. The third-order valence-electron chi connectivity index (χ3n) is 3.58. The maximum atomic E-state index is 11.9. The summed E-state index contributed by atoms with van der Waals surface area (Å²) in [6.45, 7) is 5.13. The van der Waals surface area contributed by atoms with Crippen molar-refractivity contribution in [2.75, 3.05) is 26.2 Å². The molecule has 0 spiro atoms. The van der Waals surface area contributed by atoms with Crippen molar-refractivity contribution in [2.45, 2.75) is 32.2 Å². The van der Waals surface area contributed by atoms with Crippen LogP contribution in [0.4, 0.5) is 0 Å². The highest BCUT2D eigenvalue weighted by Gasteiger charge is 2.38. The van der Waals surface area contributed by atoms with Crippen molar-refractivity contribution < 1.29 is 9.59 Å². The maximum absolute atomic E-state index is 11.9. The van der Waals surface area contributed by atoms with E-state index in [1.807, 2.05) is 0 Å². The van der Waals surface area contributed by atoms with Crippen LogP contribution in [0.15, 0.2) is 0 Å². The van der Waals surface area contributed by atoms with Gasteiger partial charge in [0.1, 0.15) is 0 Å². The van der Waals surface area contributed by atoms with Crippen molar-refractivity contribution in [2.24, 2.45) is 5.92 Å². The highest BCUT2D eigenvalue weighted by molar-refractivity contribution is 6.35. The molecule has 0 aromatic rings. The average Bonchev–Trinajstić information content (AvgIpc) is 3.10. The summed E-state index contributed by atoms with van der Waals surface area (Å²) >= 11 is 0. The van der Waals surface area contributed by atoms with Gasteiger partial charge in [-0.2, -0.15) is 0 Å². The first kappa shape index (κ1) is 12.4. The molecule has 2 fully saturated rings. The fraction of sp³-hybridized carbons (Fsp3) is 0.833. The predicted octanol–water partition coefficient (Wildman–Crippen LogP) is -0.277. The van der Waals surface area contributed by atoms with Crippen molar-refractivity contribution in [3.05, 3.63) is 0 Å². The molecule has 1 saturated heterocycles. The number of hydrogen-bond acceptors (Lipinski definition) is 3. The van der Waals surface area contributed by atoms with Gasteiger partial charge in [-0.05, 0) is 25.3 Å². The minimum atomic E-state index is -0.423. The number of amides is 2. The van der Waals surface area contributed by atoms with Crippen LogP contribution in [0.5, 0.6) is 0 Å². The SMILES string of the molecule is CCC1CC1NC(=O)C(=O)N1CCCNCC1. The molecule has 2 aliphatic rings. The van der Waals surface area contributed by atoms with E-state index in [2.05, 4.69) is 17.6 Å². The molecule has 1 aliphatic heterocycles. The second-order valence-electron chi connectivity index (χ2n) is 4.88. The van der Waals surface area contributed by atoms with Crippen LogP contribution in [0.2, 0.25) is 0 Å². The molecule has 1 aliphatic carbocycles. The molecule has 2 rings (SSSR count). The smallest absolute Gasteiger partial charge is 0.311 e. The van der Waals surface area contributed by atoms with E-state index in [-0.39, 0.29) is 11.9 Å². The van der Waals surface area contributed by atoms with Gasteiger partial charge < -0.3 is 15.5 Å². The van der Waals surface area contributed by atoms with Crippen LogP contribution < -0.4 is 10.6 Å². The number of rotatable bonds is 2. The normalized spacial score (nSPS) is 28.4. The van der Waals surface area contributed by atoms with Crippen molar-refractivity contribution >= 4 is 11.8 Å². The van der Waals surface area contributed by atoms with Gasteiger partial charge in [0.2, 0.25) is 0 Å². The Bertz CT molecular complexity index is 298. The lowest BCUT2D eigenvalue weighted by Crippen LogP contribution is -2.45. The summed E-state index contributed by atoms with van der Waals surface area (Å²) in [5.74, 6) is -0.208. The Kier molecular flexibility index (Phi) is 3.99. The first-order valence-corrected chi connectivity index (χ1v) is 6.53. The number of nitrogens with one attached hydrogen (secondary N) is 2. The molecule has 96 valence electrons. The first-order chi connectivity index (χ1) is 8.22. The highest BCUT2D eigenvalue weighted by Crippen LogP contribution is 2.32. The Morgan fingerprint density at radius 2 is 2.18 bits per heavy atom. The molecular weight excluding hydrogens is 218 g/mol. The zero-order chi connectivity index (χ0) is 12.3. The van der Waals surface area contributed by atoms with Gasteiger partial charge in [0.15, 0.2) is 0 Å². The van der Waals surface area contributed by atoms with Crippen LogP contribution in [0, 0.1) is 5.92 Å².